The van der Waals surface area contributed by atoms with Crippen molar-refractivity contribution in [2.45, 2.75) is 50.6 Å². The molecule has 1 saturated heterocycles. The largest absolute Gasteiger partial charge is 0.486 e. The number of alkyl halides is 1. The highest BCUT2D eigenvalue weighted by atomic mass is 19.1. The van der Waals surface area contributed by atoms with E-state index < -0.39 is 24.9 Å². The molecule has 2 aliphatic rings. The molecule has 4 aromatic rings. The first-order valence-electron chi connectivity index (χ1n) is 15.4. The maximum atomic E-state index is 15.1. The normalized spacial score (nSPS) is 21.7. The molecule has 44 heavy (non-hydrogen) atoms. The average Bonchev–Trinajstić information content (AvgIpc) is 3.09. The van der Waals surface area contributed by atoms with Crippen molar-refractivity contribution in [3.8, 4) is 11.5 Å². The zero-order valence-electron chi connectivity index (χ0n) is 24.9. The Balaban J connectivity index is 1.25. The van der Waals surface area contributed by atoms with Gasteiger partial charge in [0.25, 0.3) is 0 Å². The van der Waals surface area contributed by atoms with Crippen LogP contribution in [0, 0.1) is 0 Å². The van der Waals surface area contributed by atoms with E-state index >= 15 is 4.39 Å². The average molecular weight is 598 g/mol. The molecule has 0 radical (unpaired) electrons. The zero-order valence-corrected chi connectivity index (χ0v) is 24.9. The van der Waals surface area contributed by atoms with Crippen LogP contribution in [0.5, 0.6) is 11.5 Å². The van der Waals surface area contributed by atoms with Crippen molar-refractivity contribution < 1.29 is 28.1 Å². The van der Waals surface area contributed by atoms with Gasteiger partial charge in [-0.1, -0.05) is 97.1 Å². The predicted molar refractivity (Wildman–Crippen MR) is 168 cm³/mol. The number of fused-ring (bicyclic) bond motifs is 1. The fourth-order valence-electron chi connectivity index (χ4n) is 5.93. The molecule has 0 bridgehead atoms. The molecule has 4 atom stereocenters. The number of ether oxygens (including phenoxy) is 5. The predicted octanol–water partition coefficient (Wildman–Crippen LogP) is 6.41. The number of hydrogen-bond acceptors (Lipinski definition) is 6. The topological polar surface area (TPSA) is 49.4 Å². The Bertz CT molecular complexity index is 1420. The summed E-state index contributed by atoms with van der Waals surface area (Å²) in [5, 5.41) is 0. The Hall–Kier alpha value is -3.75. The molecule has 0 saturated carbocycles. The molecule has 1 fully saturated rings. The molecule has 2 heterocycles. The van der Waals surface area contributed by atoms with Crippen molar-refractivity contribution >= 4 is 0 Å². The molecule has 0 aromatic heterocycles. The summed E-state index contributed by atoms with van der Waals surface area (Å²) in [6, 6.07) is 35.7. The second-order valence-electron chi connectivity index (χ2n) is 11.3. The van der Waals surface area contributed by atoms with Crippen LogP contribution >= 0.6 is 0 Å². The number of hydrogen-bond donors (Lipinski definition) is 0. The molecule has 4 aromatic carbocycles. The van der Waals surface area contributed by atoms with Crippen molar-refractivity contribution in [1.29, 1.82) is 0 Å². The molecule has 2 aliphatic heterocycles. The van der Waals surface area contributed by atoms with E-state index in [9.17, 15) is 0 Å². The van der Waals surface area contributed by atoms with E-state index in [1.807, 2.05) is 91.0 Å². The highest BCUT2D eigenvalue weighted by molar-refractivity contribution is 5.43. The Labute approximate surface area is 259 Å². The maximum Gasteiger partial charge on any atom is 0.161 e. The SMILES string of the molecule is FC[C@@H]1[C@@H](OCc2ccccc2)[C@H](OCc2ccccc2)[C@@H](OCc2ccccc2)CN1CCc1ccc2c(c1)OCCO2. The number of rotatable bonds is 13. The van der Waals surface area contributed by atoms with E-state index in [4.69, 9.17) is 23.7 Å². The van der Waals surface area contributed by atoms with Gasteiger partial charge in [0.05, 0.1) is 32.0 Å². The van der Waals surface area contributed by atoms with E-state index in [2.05, 4.69) is 23.1 Å². The van der Waals surface area contributed by atoms with E-state index in [0.717, 1.165) is 40.2 Å². The molecule has 0 unspecified atom stereocenters. The van der Waals surface area contributed by atoms with Crippen LogP contribution in [0.15, 0.2) is 109 Å². The summed E-state index contributed by atoms with van der Waals surface area (Å²) in [5.74, 6) is 1.53. The smallest absolute Gasteiger partial charge is 0.161 e. The van der Waals surface area contributed by atoms with Gasteiger partial charge in [0.2, 0.25) is 0 Å². The van der Waals surface area contributed by atoms with Crippen molar-refractivity contribution in [3.63, 3.8) is 0 Å². The summed E-state index contributed by atoms with van der Waals surface area (Å²) >= 11 is 0. The number of likely N-dealkylation sites (tertiary alicyclic amines) is 1. The number of halogens is 1. The summed E-state index contributed by atoms with van der Waals surface area (Å²) in [6.45, 7) is 2.87. The lowest BCUT2D eigenvalue weighted by atomic mass is 9.92. The lowest BCUT2D eigenvalue weighted by Gasteiger charge is -2.47. The first-order valence-corrected chi connectivity index (χ1v) is 15.4. The van der Waals surface area contributed by atoms with Crippen molar-refractivity contribution in [1.82, 2.24) is 4.90 Å². The van der Waals surface area contributed by atoms with Gasteiger partial charge in [-0.05, 0) is 40.8 Å². The lowest BCUT2D eigenvalue weighted by molar-refractivity contribution is -0.205. The summed E-state index contributed by atoms with van der Waals surface area (Å²) < 4.78 is 46.4. The van der Waals surface area contributed by atoms with Crippen molar-refractivity contribution in [2.75, 3.05) is 33.0 Å². The Morgan fingerprint density at radius 2 is 1.16 bits per heavy atom. The third kappa shape index (κ3) is 7.85. The molecule has 0 spiro atoms. The molecular formula is C37H40FNO5. The van der Waals surface area contributed by atoms with Gasteiger partial charge in [-0.15, -0.1) is 0 Å². The summed E-state index contributed by atoms with van der Waals surface area (Å²) in [5.41, 5.74) is 4.26. The molecule has 6 rings (SSSR count). The van der Waals surface area contributed by atoms with Crippen LogP contribution in [0.1, 0.15) is 22.3 Å². The highest BCUT2D eigenvalue weighted by Gasteiger charge is 2.46. The number of benzene rings is 4. The van der Waals surface area contributed by atoms with Crippen LogP contribution in [0.2, 0.25) is 0 Å². The van der Waals surface area contributed by atoms with Gasteiger partial charge < -0.3 is 23.7 Å². The minimum atomic E-state index is -0.558. The lowest BCUT2D eigenvalue weighted by Crippen LogP contribution is -2.64. The molecule has 7 heteroatoms. The molecule has 0 amide bonds. The second kappa shape index (κ2) is 15.3. The minimum Gasteiger partial charge on any atom is -0.486 e. The summed E-state index contributed by atoms with van der Waals surface area (Å²) in [4.78, 5) is 2.17. The van der Waals surface area contributed by atoms with Crippen molar-refractivity contribution in [2.24, 2.45) is 0 Å². The standard InChI is InChI=1S/C37H40FNO5/c38-23-32-36(43-26-30-12-6-2-7-13-30)37(44-27-31-14-8-3-9-15-31)35(42-25-29-10-4-1-5-11-29)24-39(32)19-18-28-16-17-33-34(22-28)41-21-20-40-33/h1-17,22,32,35-37H,18-21,23-27H2/t32-,35+,36-,37-/m1/s1. The first-order chi connectivity index (χ1) is 21.8. The fourth-order valence-corrected chi connectivity index (χ4v) is 5.93. The van der Waals surface area contributed by atoms with Gasteiger partial charge in [-0.25, -0.2) is 4.39 Å². The quantitative estimate of drug-likeness (QED) is 0.178. The van der Waals surface area contributed by atoms with Crippen LogP contribution in [0.25, 0.3) is 0 Å². The molecule has 6 nitrogen and oxygen atoms in total. The van der Waals surface area contributed by atoms with Crippen molar-refractivity contribution in [3.05, 3.63) is 131 Å². The van der Waals surface area contributed by atoms with E-state index in [1.165, 1.54) is 0 Å². The number of nitrogens with zero attached hydrogens (tertiary/aromatic N) is 1. The first kappa shape index (κ1) is 30.3. The van der Waals surface area contributed by atoms with Gasteiger partial charge in [-0.2, -0.15) is 0 Å². The number of piperidine rings is 1. The van der Waals surface area contributed by atoms with E-state index in [0.29, 0.717) is 46.1 Å². The monoisotopic (exact) mass is 597 g/mol. The van der Waals surface area contributed by atoms with Crippen LogP contribution in [-0.2, 0) is 40.5 Å². The van der Waals surface area contributed by atoms with Gasteiger partial charge in [0, 0.05) is 13.1 Å². The Morgan fingerprint density at radius 3 is 1.75 bits per heavy atom. The molecule has 0 aliphatic carbocycles. The maximum absolute atomic E-state index is 15.1. The Morgan fingerprint density at radius 1 is 0.614 bits per heavy atom. The molecular weight excluding hydrogens is 557 g/mol. The minimum absolute atomic E-state index is 0.331. The fraction of sp³-hybridized carbons (Fsp3) is 0.351. The van der Waals surface area contributed by atoms with Gasteiger partial charge in [-0.3, -0.25) is 4.90 Å². The zero-order chi connectivity index (χ0) is 30.0. The van der Waals surface area contributed by atoms with E-state index in [-0.39, 0.29) is 6.10 Å². The molecule has 230 valence electrons. The third-order valence-electron chi connectivity index (χ3n) is 8.28. The van der Waals surface area contributed by atoms with Gasteiger partial charge in [0.1, 0.15) is 32.1 Å². The second-order valence-corrected chi connectivity index (χ2v) is 11.3. The van der Waals surface area contributed by atoms with Crippen LogP contribution < -0.4 is 9.47 Å². The highest BCUT2D eigenvalue weighted by Crippen LogP contribution is 2.32. The summed E-state index contributed by atoms with van der Waals surface area (Å²) in [6.07, 6.45) is -0.616. The van der Waals surface area contributed by atoms with Crippen LogP contribution in [0.4, 0.5) is 4.39 Å². The summed E-state index contributed by atoms with van der Waals surface area (Å²) in [7, 11) is 0. The van der Waals surface area contributed by atoms with Crippen LogP contribution in [-0.4, -0.2) is 62.2 Å². The third-order valence-corrected chi connectivity index (χ3v) is 8.28. The van der Waals surface area contributed by atoms with Gasteiger partial charge >= 0.3 is 0 Å². The molecule has 0 N–H and O–H groups in total. The van der Waals surface area contributed by atoms with Crippen LogP contribution in [0.3, 0.4) is 0 Å². The van der Waals surface area contributed by atoms with Gasteiger partial charge in [0.15, 0.2) is 11.5 Å². The Kier molecular flexibility index (Phi) is 10.5. The van der Waals surface area contributed by atoms with E-state index in [1.54, 1.807) is 0 Å².